The molecule has 0 spiro atoms. The molecule has 0 amide bonds. The number of carbonyl (C=O) groups is 1. The summed E-state index contributed by atoms with van der Waals surface area (Å²) in [4.78, 5) is 15.7. The first-order valence-electron chi connectivity index (χ1n) is 7.14. The lowest BCUT2D eigenvalue weighted by atomic mass is 10.1. The van der Waals surface area contributed by atoms with Crippen LogP contribution in [0.4, 0.5) is 0 Å². The van der Waals surface area contributed by atoms with Crippen molar-refractivity contribution >= 4 is 17.3 Å². The van der Waals surface area contributed by atoms with Crippen LogP contribution >= 0.6 is 11.3 Å². The van der Waals surface area contributed by atoms with Crippen molar-refractivity contribution in [1.82, 2.24) is 4.98 Å². The molecule has 3 rings (SSSR count). The number of carboxylic acids is 1. The molecular formula is C18H15NO4S. The highest BCUT2D eigenvalue weighted by molar-refractivity contribution is 7.13. The maximum absolute atomic E-state index is 11.1. The van der Waals surface area contributed by atoms with E-state index in [1.165, 1.54) is 11.3 Å². The van der Waals surface area contributed by atoms with Gasteiger partial charge in [0.1, 0.15) is 16.5 Å². The molecule has 0 atom stereocenters. The minimum absolute atomic E-state index is 0.242. The Morgan fingerprint density at radius 1 is 1.12 bits per heavy atom. The highest BCUT2D eigenvalue weighted by atomic mass is 32.1. The third-order valence-electron chi connectivity index (χ3n) is 3.55. The van der Waals surface area contributed by atoms with Crippen molar-refractivity contribution < 1.29 is 19.4 Å². The summed E-state index contributed by atoms with van der Waals surface area (Å²) in [6.07, 6.45) is 0. The van der Waals surface area contributed by atoms with Gasteiger partial charge in [-0.05, 0) is 24.3 Å². The van der Waals surface area contributed by atoms with Gasteiger partial charge in [0.2, 0.25) is 0 Å². The van der Waals surface area contributed by atoms with Crippen LogP contribution in [0.1, 0.15) is 10.4 Å². The minimum atomic E-state index is -0.953. The van der Waals surface area contributed by atoms with Crippen molar-refractivity contribution in [1.29, 1.82) is 0 Å². The molecule has 0 bridgehead atoms. The predicted molar refractivity (Wildman–Crippen MR) is 93.0 cm³/mol. The van der Waals surface area contributed by atoms with E-state index in [2.05, 4.69) is 4.98 Å². The Kier molecular flexibility index (Phi) is 4.48. The van der Waals surface area contributed by atoms with Crippen LogP contribution in [0.3, 0.4) is 0 Å². The molecule has 0 aliphatic heterocycles. The molecule has 0 aliphatic carbocycles. The average molecular weight is 341 g/mol. The Bertz CT molecular complexity index is 888. The normalized spacial score (nSPS) is 10.4. The van der Waals surface area contributed by atoms with Crippen LogP contribution < -0.4 is 9.47 Å². The number of carboxylic acid groups (broad SMARTS) is 1. The molecule has 0 saturated carbocycles. The number of methoxy groups -OCH3 is 2. The number of aromatic nitrogens is 1. The first-order chi connectivity index (χ1) is 11.6. The quantitative estimate of drug-likeness (QED) is 0.753. The van der Waals surface area contributed by atoms with E-state index in [-0.39, 0.29) is 5.56 Å². The zero-order chi connectivity index (χ0) is 17.1. The Balaban J connectivity index is 1.99. The van der Waals surface area contributed by atoms with Crippen molar-refractivity contribution in [3.8, 4) is 33.3 Å². The van der Waals surface area contributed by atoms with Crippen molar-refractivity contribution in [2.45, 2.75) is 0 Å². The number of aromatic carboxylic acids is 1. The Labute approximate surface area is 143 Å². The van der Waals surface area contributed by atoms with Crippen molar-refractivity contribution in [2.75, 3.05) is 14.2 Å². The second-order valence-electron chi connectivity index (χ2n) is 4.99. The van der Waals surface area contributed by atoms with Gasteiger partial charge in [-0.3, -0.25) is 0 Å². The third kappa shape index (κ3) is 3.09. The molecule has 122 valence electrons. The molecule has 0 unspecified atom stereocenters. The van der Waals surface area contributed by atoms with Gasteiger partial charge in [-0.1, -0.05) is 12.1 Å². The molecule has 0 aliphatic rings. The first kappa shape index (κ1) is 16.0. The third-order valence-corrected chi connectivity index (χ3v) is 4.44. The molecule has 5 nitrogen and oxygen atoms in total. The maximum atomic E-state index is 11.1. The molecule has 6 heteroatoms. The standard InChI is InChI=1S/C18H15NO4S/c1-22-13-6-7-14(16(9-13)23-2)15-10-24-17(19-15)11-4-3-5-12(8-11)18(20)21/h3-10H,1-2H3,(H,20,21). The number of benzene rings is 2. The fourth-order valence-electron chi connectivity index (χ4n) is 2.33. The highest BCUT2D eigenvalue weighted by Crippen LogP contribution is 2.36. The summed E-state index contributed by atoms with van der Waals surface area (Å²) in [5.41, 5.74) is 2.65. The van der Waals surface area contributed by atoms with E-state index >= 15 is 0 Å². The molecule has 2 aromatic carbocycles. The topological polar surface area (TPSA) is 68.7 Å². The van der Waals surface area contributed by atoms with Crippen LogP contribution in [-0.4, -0.2) is 30.3 Å². The SMILES string of the molecule is COc1ccc(-c2csc(-c3cccc(C(=O)O)c3)n2)c(OC)c1. The second kappa shape index (κ2) is 6.72. The van der Waals surface area contributed by atoms with Crippen LogP contribution in [-0.2, 0) is 0 Å². The zero-order valence-electron chi connectivity index (χ0n) is 13.1. The summed E-state index contributed by atoms with van der Waals surface area (Å²) >= 11 is 1.46. The fourth-order valence-corrected chi connectivity index (χ4v) is 3.14. The number of hydrogen-bond acceptors (Lipinski definition) is 5. The lowest BCUT2D eigenvalue weighted by molar-refractivity contribution is 0.0697. The van der Waals surface area contributed by atoms with Gasteiger partial charge in [0, 0.05) is 22.6 Å². The minimum Gasteiger partial charge on any atom is -0.497 e. The van der Waals surface area contributed by atoms with Gasteiger partial charge in [-0.15, -0.1) is 11.3 Å². The van der Waals surface area contributed by atoms with Crippen molar-refractivity contribution in [3.63, 3.8) is 0 Å². The first-order valence-corrected chi connectivity index (χ1v) is 8.02. The summed E-state index contributed by atoms with van der Waals surface area (Å²) in [6.45, 7) is 0. The summed E-state index contributed by atoms with van der Waals surface area (Å²) in [6, 6.07) is 12.3. The van der Waals surface area contributed by atoms with Crippen LogP contribution in [0, 0.1) is 0 Å². The summed E-state index contributed by atoms with van der Waals surface area (Å²) in [5.74, 6) is 0.427. The second-order valence-corrected chi connectivity index (χ2v) is 5.85. The maximum Gasteiger partial charge on any atom is 0.335 e. The Hall–Kier alpha value is -2.86. The van der Waals surface area contributed by atoms with Gasteiger partial charge < -0.3 is 14.6 Å². The van der Waals surface area contributed by atoms with Crippen molar-refractivity contribution in [3.05, 3.63) is 53.4 Å². The van der Waals surface area contributed by atoms with Crippen LogP contribution in [0.25, 0.3) is 21.8 Å². The van der Waals surface area contributed by atoms with E-state index in [0.29, 0.717) is 11.5 Å². The van der Waals surface area contributed by atoms with Gasteiger partial charge in [0.05, 0.1) is 25.5 Å². The number of thiazole rings is 1. The fraction of sp³-hybridized carbons (Fsp3) is 0.111. The molecule has 0 saturated heterocycles. The summed E-state index contributed by atoms with van der Waals surface area (Å²) in [5, 5.41) is 11.8. The largest absolute Gasteiger partial charge is 0.497 e. The van der Waals surface area contributed by atoms with E-state index in [1.54, 1.807) is 38.5 Å². The van der Waals surface area contributed by atoms with Crippen LogP contribution in [0.5, 0.6) is 11.5 Å². The molecule has 1 aromatic heterocycles. The van der Waals surface area contributed by atoms with Gasteiger partial charge in [-0.25, -0.2) is 9.78 Å². The molecule has 0 fully saturated rings. The monoisotopic (exact) mass is 341 g/mol. The highest BCUT2D eigenvalue weighted by Gasteiger charge is 2.13. The Morgan fingerprint density at radius 2 is 1.96 bits per heavy atom. The van der Waals surface area contributed by atoms with Crippen molar-refractivity contribution in [2.24, 2.45) is 0 Å². The molecule has 1 N–H and O–H groups in total. The number of ether oxygens (including phenoxy) is 2. The van der Waals surface area contributed by atoms with Gasteiger partial charge in [0.15, 0.2) is 0 Å². The lowest BCUT2D eigenvalue weighted by Crippen LogP contribution is -1.95. The summed E-state index contributed by atoms with van der Waals surface area (Å²) in [7, 11) is 3.20. The molecule has 24 heavy (non-hydrogen) atoms. The summed E-state index contributed by atoms with van der Waals surface area (Å²) < 4.78 is 10.6. The predicted octanol–water partition coefficient (Wildman–Crippen LogP) is 4.19. The number of hydrogen-bond donors (Lipinski definition) is 1. The van der Waals surface area contributed by atoms with E-state index in [1.807, 2.05) is 23.6 Å². The lowest BCUT2D eigenvalue weighted by Gasteiger charge is -2.08. The zero-order valence-corrected chi connectivity index (χ0v) is 14.0. The Morgan fingerprint density at radius 3 is 2.67 bits per heavy atom. The van der Waals surface area contributed by atoms with E-state index < -0.39 is 5.97 Å². The van der Waals surface area contributed by atoms with Gasteiger partial charge in [-0.2, -0.15) is 0 Å². The average Bonchev–Trinajstić information content (AvgIpc) is 3.11. The number of nitrogens with zero attached hydrogens (tertiary/aromatic N) is 1. The molecular weight excluding hydrogens is 326 g/mol. The smallest absolute Gasteiger partial charge is 0.335 e. The van der Waals surface area contributed by atoms with E-state index in [0.717, 1.165) is 21.8 Å². The van der Waals surface area contributed by atoms with Gasteiger partial charge in [0.25, 0.3) is 0 Å². The van der Waals surface area contributed by atoms with E-state index in [9.17, 15) is 4.79 Å². The molecule has 0 radical (unpaired) electrons. The van der Waals surface area contributed by atoms with Crippen LogP contribution in [0.15, 0.2) is 47.8 Å². The van der Waals surface area contributed by atoms with Crippen LogP contribution in [0.2, 0.25) is 0 Å². The molecule has 3 aromatic rings. The van der Waals surface area contributed by atoms with E-state index in [4.69, 9.17) is 14.6 Å². The van der Waals surface area contributed by atoms with Gasteiger partial charge >= 0.3 is 5.97 Å². The number of rotatable bonds is 5. The molecule has 1 heterocycles.